The van der Waals surface area contributed by atoms with Gasteiger partial charge in [0.25, 0.3) is 0 Å². The molecule has 0 bridgehead atoms. The van der Waals surface area contributed by atoms with Gasteiger partial charge in [-0.05, 0) is 51.9 Å². The summed E-state index contributed by atoms with van der Waals surface area (Å²) in [7, 11) is 2.19. The number of nitrogens with zero attached hydrogens (tertiary/aromatic N) is 2. The highest BCUT2D eigenvalue weighted by molar-refractivity contribution is 5.58. The predicted octanol–water partition coefficient (Wildman–Crippen LogP) is 2.16. The maximum atomic E-state index is 6.03. The number of nitrogens with two attached hydrogens (primary N) is 1. The number of anilines is 1. The minimum atomic E-state index is 0.107. The predicted molar refractivity (Wildman–Crippen MR) is 82.8 cm³/mol. The quantitative estimate of drug-likeness (QED) is 0.885. The average Bonchev–Trinajstić information content (AvgIpc) is 2.30. The van der Waals surface area contributed by atoms with Crippen LogP contribution in [-0.2, 0) is 0 Å². The molecular weight excluding hydrogens is 234 g/mol. The molecule has 3 nitrogen and oxygen atoms in total. The number of piperazine rings is 1. The first-order valence-corrected chi connectivity index (χ1v) is 7.10. The first-order chi connectivity index (χ1) is 8.85. The van der Waals surface area contributed by atoms with E-state index in [1.165, 1.54) is 16.8 Å². The normalized spacial score (nSPS) is 23.7. The van der Waals surface area contributed by atoms with E-state index in [1.807, 2.05) is 0 Å². The third-order valence-corrected chi connectivity index (χ3v) is 4.09. The molecule has 19 heavy (non-hydrogen) atoms. The maximum absolute atomic E-state index is 6.03. The summed E-state index contributed by atoms with van der Waals surface area (Å²) in [6.07, 6.45) is 0. The molecule has 0 aromatic heterocycles. The van der Waals surface area contributed by atoms with E-state index < -0.39 is 0 Å². The third kappa shape index (κ3) is 2.77. The van der Waals surface area contributed by atoms with Crippen molar-refractivity contribution < 1.29 is 0 Å². The molecular formula is C16H27N3. The lowest BCUT2D eigenvalue weighted by atomic mass is 9.92. The van der Waals surface area contributed by atoms with Gasteiger partial charge >= 0.3 is 0 Å². The molecule has 1 aromatic carbocycles. The lowest BCUT2D eigenvalue weighted by Crippen LogP contribution is -2.65. The van der Waals surface area contributed by atoms with Gasteiger partial charge in [-0.1, -0.05) is 12.1 Å². The Balaban J connectivity index is 2.46. The second kappa shape index (κ2) is 5.14. The monoisotopic (exact) mass is 261 g/mol. The van der Waals surface area contributed by atoms with Crippen molar-refractivity contribution in [3.05, 3.63) is 29.3 Å². The fourth-order valence-corrected chi connectivity index (χ4v) is 3.42. The standard InChI is InChI=1S/C16H27N3/c1-12-6-7-13(2)15(8-12)19-14(9-17)10-18(5)11-16(19,3)4/h6-8,14H,9-11,17H2,1-5H3. The van der Waals surface area contributed by atoms with Crippen LogP contribution in [0.15, 0.2) is 18.2 Å². The van der Waals surface area contributed by atoms with E-state index in [0.29, 0.717) is 12.6 Å². The summed E-state index contributed by atoms with van der Waals surface area (Å²) in [6, 6.07) is 7.08. The molecule has 1 aromatic rings. The second-order valence-corrected chi connectivity index (χ2v) is 6.56. The molecule has 1 aliphatic rings. The van der Waals surface area contributed by atoms with Crippen LogP contribution < -0.4 is 10.6 Å². The van der Waals surface area contributed by atoms with Crippen molar-refractivity contribution in [3.8, 4) is 0 Å². The first kappa shape index (κ1) is 14.4. The van der Waals surface area contributed by atoms with E-state index in [4.69, 9.17) is 5.73 Å². The Morgan fingerprint density at radius 2 is 2.00 bits per heavy atom. The third-order valence-electron chi connectivity index (χ3n) is 4.09. The van der Waals surface area contributed by atoms with E-state index in [0.717, 1.165) is 13.1 Å². The summed E-state index contributed by atoms with van der Waals surface area (Å²) in [6.45, 7) is 11.8. The first-order valence-electron chi connectivity index (χ1n) is 7.10. The molecule has 1 saturated heterocycles. The largest absolute Gasteiger partial charge is 0.359 e. The second-order valence-electron chi connectivity index (χ2n) is 6.56. The molecule has 1 fully saturated rings. The molecule has 0 spiro atoms. The number of hydrogen-bond acceptors (Lipinski definition) is 3. The van der Waals surface area contributed by atoms with Gasteiger partial charge in [0, 0.05) is 30.9 Å². The highest BCUT2D eigenvalue weighted by Crippen LogP contribution is 2.33. The van der Waals surface area contributed by atoms with Gasteiger partial charge in [0.1, 0.15) is 0 Å². The molecule has 0 saturated carbocycles. The topological polar surface area (TPSA) is 32.5 Å². The molecule has 1 unspecified atom stereocenters. The lowest BCUT2D eigenvalue weighted by molar-refractivity contribution is 0.182. The van der Waals surface area contributed by atoms with Crippen LogP contribution in [0.3, 0.4) is 0 Å². The van der Waals surface area contributed by atoms with Gasteiger partial charge < -0.3 is 15.5 Å². The number of benzene rings is 1. The smallest absolute Gasteiger partial charge is 0.0545 e. The van der Waals surface area contributed by atoms with Gasteiger partial charge in [-0.15, -0.1) is 0 Å². The van der Waals surface area contributed by atoms with Crippen molar-refractivity contribution in [2.24, 2.45) is 5.73 Å². The van der Waals surface area contributed by atoms with Crippen LogP contribution in [-0.4, -0.2) is 43.2 Å². The molecule has 1 heterocycles. The van der Waals surface area contributed by atoms with E-state index >= 15 is 0 Å². The van der Waals surface area contributed by atoms with Crippen molar-refractivity contribution in [2.75, 3.05) is 31.6 Å². The Kier molecular flexibility index (Phi) is 3.88. The zero-order chi connectivity index (χ0) is 14.2. The molecule has 1 aliphatic heterocycles. The van der Waals surface area contributed by atoms with Crippen molar-refractivity contribution in [1.82, 2.24) is 4.90 Å². The van der Waals surface area contributed by atoms with E-state index in [9.17, 15) is 0 Å². The number of hydrogen-bond donors (Lipinski definition) is 1. The van der Waals surface area contributed by atoms with Crippen LogP contribution in [0.2, 0.25) is 0 Å². The van der Waals surface area contributed by atoms with Crippen molar-refractivity contribution in [2.45, 2.75) is 39.3 Å². The highest BCUT2D eigenvalue weighted by atomic mass is 15.3. The summed E-state index contributed by atoms with van der Waals surface area (Å²) in [4.78, 5) is 4.93. The summed E-state index contributed by atoms with van der Waals surface area (Å²) >= 11 is 0. The number of aryl methyl sites for hydroxylation is 2. The van der Waals surface area contributed by atoms with Gasteiger partial charge in [-0.2, -0.15) is 0 Å². The molecule has 0 radical (unpaired) electrons. The Morgan fingerprint density at radius 1 is 1.32 bits per heavy atom. The Bertz CT molecular complexity index is 453. The molecule has 2 N–H and O–H groups in total. The van der Waals surface area contributed by atoms with Crippen molar-refractivity contribution in [3.63, 3.8) is 0 Å². The van der Waals surface area contributed by atoms with Gasteiger partial charge in [0.15, 0.2) is 0 Å². The van der Waals surface area contributed by atoms with Gasteiger partial charge in [-0.3, -0.25) is 0 Å². The van der Waals surface area contributed by atoms with Crippen LogP contribution >= 0.6 is 0 Å². The molecule has 0 aliphatic carbocycles. The number of likely N-dealkylation sites (N-methyl/N-ethyl adjacent to an activating group) is 1. The van der Waals surface area contributed by atoms with Crippen LogP contribution in [0, 0.1) is 13.8 Å². The summed E-state index contributed by atoms with van der Waals surface area (Å²) in [5.41, 5.74) is 10.1. The summed E-state index contributed by atoms with van der Waals surface area (Å²) in [5, 5.41) is 0. The van der Waals surface area contributed by atoms with Gasteiger partial charge in [0.2, 0.25) is 0 Å². The Hall–Kier alpha value is -1.06. The van der Waals surface area contributed by atoms with Crippen molar-refractivity contribution >= 4 is 5.69 Å². The SMILES string of the molecule is Cc1ccc(C)c(N2C(CN)CN(C)CC2(C)C)c1. The minimum Gasteiger partial charge on any atom is -0.359 e. The molecule has 1 atom stereocenters. The van der Waals surface area contributed by atoms with Crippen LogP contribution in [0.1, 0.15) is 25.0 Å². The van der Waals surface area contributed by atoms with Crippen LogP contribution in [0.5, 0.6) is 0 Å². The van der Waals surface area contributed by atoms with Crippen LogP contribution in [0.4, 0.5) is 5.69 Å². The van der Waals surface area contributed by atoms with E-state index in [-0.39, 0.29) is 5.54 Å². The van der Waals surface area contributed by atoms with Gasteiger partial charge in [0.05, 0.1) is 6.04 Å². The van der Waals surface area contributed by atoms with E-state index in [1.54, 1.807) is 0 Å². The summed E-state index contributed by atoms with van der Waals surface area (Å²) < 4.78 is 0. The minimum absolute atomic E-state index is 0.107. The zero-order valence-corrected chi connectivity index (χ0v) is 12.9. The molecule has 3 heteroatoms. The fraction of sp³-hybridized carbons (Fsp3) is 0.625. The van der Waals surface area contributed by atoms with Gasteiger partial charge in [-0.25, -0.2) is 0 Å². The zero-order valence-electron chi connectivity index (χ0n) is 12.9. The molecule has 2 rings (SSSR count). The fourth-order valence-electron chi connectivity index (χ4n) is 3.42. The maximum Gasteiger partial charge on any atom is 0.0545 e. The molecule has 0 amide bonds. The lowest BCUT2D eigenvalue weighted by Gasteiger charge is -2.52. The average molecular weight is 261 g/mol. The summed E-state index contributed by atoms with van der Waals surface area (Å²) in [5.74, 6) is 0. The molecule has 106 valence electrons. The number of rotatable bonds is 2. The van der Waals surface area contributed by atoms with Crippen molar-refractivity contribution in [1.29, 1.82) is 0 Å². The van der Waals surface area contributed by atoms with Crippen LogP contribution in [0.25, 0.3) is 0 Å². The van der Waals surface area contributed by atoms with E-state index in [2.05, 4.69) is 62.7 Å². The Labute approximate surface area is 117 Å². The highest BCUT2D eigenvalue weighted by Gasteiger charge is 2.38. The Morgan fingerprint density at radius 3 is 2.63 bits per heavy atom.